The van der Waals surface area contributed by atoms with E-state index in [4.69, 9.17) is 9.47 Å². The lowest BCUT2D eigenvalue weighted by Crippen LogP contribution is -2.25. The van der Waals surface area contributed by atoms with E-state index >= 15 is 0 Å². The molecule has 0 saturated heterocycles. The lowest BCUT2D eigenvalue weighted by Gasteiger charge is -2.23. The quantitative estimate of drug-likeness (QED) is 0.416. The number of hydrogen-bond donors (Lipinski definition) is 0. The summed E-state index contributed by atoms with van der Waals surface area (Å²) >= 11 is 0. The van der Waals surface area contributed by atoms with Gasteiger partial charge in [-0.25, -0.2) is 0 Å². The van der Waals surface area contributed by atoms with Crippen LogP contribution < -0.4 is 9.47 Å². The van der Waals surface area contributed by atoms with Gasteiger partial charge in [-0.3, -0.25) is 15.0 Å². The number of ether oxygens (including phenoxy) is 2. The molecule has 148 valence electrons. The van der Waals surface area contributed by atoms with Crippen LogP contribution in [-0.2, 0) is 19.5 Å². The standard InChI is InChI=1S/C23H22N2O4/c26-25(27)21-9-6-18(7-10-21)12-13-24(15-19-4-2-1-3-5-19)16-20-8-11-22-23(14-20)29-17-28-22/h1-11,14H,12-13,15-17H2. The van der Waals surface area contributed by atoms with Gasteiger partial charge in [-0.1, -0.05) is 48.5 Å². The third-order valence-electron chi connectivity index (χ3n) is 4.96. The fourth-order valence-electron chi connectivity index (χ4n) is 3.42. The molecular weight excluding hydrogens is 368 g/mol. The second-order valence-corrected chi connectivity index (χ2v) is 7.06. The van der Waals surface area contributed by atoms with Gasteiger partial charge in [-0.2, -0.15) is 0 Å². The van der Waals surface area contributed by atoms with Gasteiger partial charge in [-0.05, 0) is 35.2 Å². The Morgan fingerprint density at radius 3 is 2.28 bits per heavy atom. The molecule has 1 aliphatic rings. The molecule has 0 saturated carbocycles. The molecule has 0 amide bonds. The van der Waals surface area contributed by atoms with Crippen molar-refractivity contribution >= 4 is 5.69 Å². The second kappa shape index (κ2) is 8.75. The van der Waals surface area contributed by atoms with Crippen LogP contribution in [0.25, 0.3) is 0 Å². The normalized spacial score (nSPS) is 12.3. The van der Waals surface area contributed by atoms with E-state index in [1.165, 1.54) is 5.56 Å². The molecule has 0 radical (unpaired) electrons. The fourth-order valence-corrected chi connectivity index (χ4v) is 3.42. The monoisotopic (exact) mass is 390 g/mol. The van der Waals surface area contributed by atoms with Gasteiger partial charge in [0.2, 0.25) is 6.79 Å². The van der Waals surface area contributed by atoms with Gasteiger partial charge in [0.15, 0.2) is 11.5 Å². The zero-order valence-electron chi connectivity index (χ0n) is 16.0. The number of rotatable bonds is 8. The highest BCUT2D eigenvalue weighted by Gasteiger charge is 2.15. The first-order chi connectivity index (χ1) is 14.2. The zero-order valence-corrected chi connectivity index (χ0v) is 16.0. The summed E-state index contributed by atoms with van der Waals surface area (Å²) in [6.07, 6.45) is 0.815. The number of non-ortho nitro benzene ring substituents is 1. The van der Waals surface area contributed by atoms with Gasteiger partial charge in [0.1, 0.15) is 0 Å². The molecule has 3 aromatic rings. The smallest absolute Gasteiger partial charge is 0.269 e. The number of nitro groups is 1. The van der Waals surface area contributed by atoms with E-state index in [1.807, 2.05) is 42.5 Å². The van der Waals surface area contributed by atoms with Crippen molar-refractivity contribution in [2.75, 3.05) is 13.3 Å². The summed E-state index contributed by atoms with van der Waals surface area (Å²) in [5, 5.41) is 10.8. The van der Waals surface area contributed by atoms with Crippen molar-refractivity contribution in [1.29, 1.82) is 0 Å². The number of fused-ring (bicyclic) bond motifs is 1. The van der Waals surface area contributed by atoms with Crippen LogP contribution in [0.2, 0.25) is 0 Å². The molecule has 0 aliphatic carbocycles. The lowest BCUT2D eigenvalue weighted by molar-refractivity contribution is -0.384. The van der Waals surface area contributed by atoms with Gasteiger partial charge in [0.25, 0.3) is 5.69 Å². The predicted octanol–water partition coefficient (Wildman–Crippen LogP) is 4.57. The topological polar surface area (TPSA) is 64.8 Å². The molecule has 3 aromatic carbocycles. The first-order valence-electron chi connectivity index (χ1n) is 9.55. The molecule has 0 atom stereocenters. The highest BCUT2D eigenvalue weighted by molar-refractivity contribution is 5.44. The minimum Gasteiger partial charge on any atom is -0.454 e. The van der Waals surface area contributed by atoms with Gasteiger partial charge in [0.05, 0.1) is 4.92 Å². The molecule has 1 heterocycles. The number of nitrogens with zero attached hydrogens (tertiary/aromatic N) is 2. The molecular formula is C23H22N2O4. The van der Waals surface area contributed by atoms with Gasteiger partial charge in [-0.15, -0.1) is 0 Å². The Bertz CT molecular complexity index is 974. The van der Waals surface area contributed by atoms with Crippen molar-refractivity contribution in [2.24, 2.45) is 0 Å². The van der Waals surface area contributed by atoms with Gasteiger partial charge < -0.3 is 9.47 Å². The summed E-state index contributed by atoms with van der Waals surface area (Å²) in [6.45, 7) is 2.70. The van der Waals surface area contributed by atoms with E-state index in [1.54, 1.807) is 12.1 Å². The maximum absolute atomic E-state index is 10.8. The minimum absolute atomic E-state index is 0.121. The molecule has 0 fully saturated rings. The van der Waals surface area contributed by atoms with Crippen LogP contribution in [-0.4, -0.2) is 23.2 Å². The maximum atomic E-state index is 10.8. The summed E-state index contributed by atoms with van der Waals surface area (Å²) in [7, 11) is 0. The SMILES string of the molecule is O=[N+]([O-])c1ccc(CCN(Cc2ccccc2)Cc2ccc3c(c2)OCO3)cc1. The van der Waals surface area contributed by atoms with Crippen molar-refractivity contribution in [3.63, 3.8) is 0 Å². The van der Waals surface area contributed by atoms with Crippen molar-refractivity contribution in [3.05, 3.63) is 99.6 Å². The lowest BCUT2D eigenvalue weighted by atomic mass is 10.1. The Balaban J connectivity index is 1.46. The second-order valence-electron chi connectivity index (χ2n) is 7.06. The van der Waals surface area contributed by atoms with Crippen molar-refractivity contribution in [1.82, 2.24) is 4.90 Å². The molecule has 4 rings (SSSR count). The molecule has 6 heteroatoms. The van der Waals surface area contributed by atoms with Crippen molar-refractivity contribution < 1.29 is 14.4 Å². The summed E-state index contributed by atoms with van der Waals surface area (Å²) in [6, 6.07) is 23.2. The molecule has 0 spiro atoms. The van der Waals surface area contributed by atoms with E-state index in [9.17, 15) is 10.1 Å². The first kappa shape index (κ1) is 19.0. The molecule has 1 aliphatic heterocycles. The number of nitro benzene ring substituents is 1. The Morgan fingerprint density at radius 1 is 0.828 bits per heavy atom. The molecule has 0 N–H and O–H groups in total. The van der Waals surface area contributed by atoms with Crippen LogP contribution in [0, 0.1) is 10.1 Å². The first-order valence-corrected chi connectivity index (χ1v) is 9.55. The van der Waals surface area contributed by atoms with Crippen LogP contribution >= 0.6 is 0 Å². The van der Waals surface area contributed by atoms with E-state index in [-0.39, 0.29) is 17.4 Å². The van der Waals surface area contributed by atoms with Crippen LogP contribution in [0.3, 0.4) is 0 Å². The molecule has 0 bridgehead atoms. The summed E-state index contributed by atoms with van der Waals surface area (Å²) in [5.74, 6) is 1.58. The Morgan fingerprint density at radius 2 is 1.52 bits per heavy atom. The van der Waals surface area contributed by atoms with Crippen molar-refractivity contribution in [3.8, 4) is 11.5 Å². The Labute approximate surface area is 169 Å². The summed E-state index contributed by atoms with van der Waals surface area (Å²) in [5.41, 5.74) is 3.61. The number of hydrogen-bond acceptors (Lipinski definition) is 5. The van der Waals surface area contributed by atoms with E-state index in [2.05, 4.69) is 23.1 Å². The van der Waals surface area contributed by atoms with Crippen molar-refractivity contribution in [2.45, 2.75) is 19.5 Å². The summed E-state index contributed by atoms with van der Waals surface area (Å²) < 4.78 is 10.9. The molecule has 29 heavy (non-hydrogen) atoms. The number of benzene rings is 3. The maximum Gasteiger partial charge on any atom is 0.269 e. The molecule has 6 nitrogen and oxygen atoms in total. The predicted molar refractivity (Wildman–Crippen MR) is 110 cm³/mol. The minimum atomic E-state index is -0.370. The van der Waals surface area contributed by atoms with Crippen LogP contribution in [0.1, 0.15) is 16.7 Å². The van der Waals surface area contributed by atoms with Gasteiger partial charge >= 0.3 is 0 Å². The van der Waals surface area contributed by atoms with Crippen LogP contribution in [0.15, 0.2) is 72.8 Å². The van der Waals surface area contributed by atoms with Crippen LogP contribution in [0.4, 0.5) is 5.69 Å². The van der Waals surface area contributed by atoms with Gasteiger partial charge in [0, 0.05) is 31.8 Å². The summed E-state index contributed by atoms with van der Waals surface area (Å²) in [4.78, 5) is 12.8. The zero-order chi connectivity index (χ0) is 20.1. The third-order valence-corrected chi connectivity index (χ3v) is 4.96. The molecule has 0 aromatic heterocycles. The fraction of sp³-hybridized carbons (Fsp3) is 0.217. The average molecular weight is 390 g/mol. The Kier molecular flexibility index (Phi) is 5.72. The third kappa shape index (κ3) is 4.92. The highest BCUT2D eigenvalue weighted by Crippen LogP contribution is 2.33. The van der Waals surface area contributed by atoms with Crippen LogP contribution in [0.5, 0.6) is 11.5 Å². The highest BCUT2D eigenvalue weighted by atomic mass is 16.7. The van der Waals surface area contributed by atoms with E-state index in [0.717, 1.165) is 48.7 Å². The largest absolute Gasteiger partial charge is 0.454 e. The Hall–Kier alpha value is -3.38. The molecule has 0 unspecified atom stereocenters. The average Bonchev–Trinajstić information content (AvgIpc) is 3.21. The van der Waals surface area contributed by atoms with E-state index < -0.39 is 0 Å². The van der Waals surface area contributed by atoms with E-state index in [0.29, 0.717) is 0 Å².